The van der Waals surface area contributed by atoms with Gasteiger partial charge in [0.1, 0.15) is 11.4 Å². The molecule has 0 bridgehead atoms. The van der Waals surface area contributed by atoms with Crippen LogP contribution in [0, 0.1) is 6.92 Å². The van der Waals surface area contributed by atoms with Crippen molar-refractivity contribution in [2.75, 3.05) is 0 Å². The standard InChI is InChI=1S/C26H22N4O3S/c1-18-3-7-20(8-4-18)22-16-34-25-24(22)26(32)29(17-27-25)14-11-23(31)33-15-19-5-9-21(10-6-19)30-13-2-12-28-30/h2-10,12-13,16-17H,11,14-15H2,1H3. The SMILES string of the molecule is Cc1ccc(-c2csc3ncn(CCC(=O)OCc4ccc(-n5cccn5)cc4)c(=O)c23)cc1. The molecule has 0 amide bonds. The number of hydrogen-bond donors (Lipinski definition) is 0. The molecule has 0 spiro atoms. The van der Waals surface area contributed by atoms with E-state index < -0.39 is 0 Å². The highest BCUT2D eigenvalue weighted by atomic mass is 32.1. The van der Waals surface area contributed by atoms with E-state index in [1.807, 2.05) is 73.1 Å². The summed E-state index contributed by atoms with van der Waals surface area (Å²) in [5, 5.41) is 6.73. The van der Waals surface area contributed by atoms with Crippen LogP contribution in [0.2, 0.25) is 0 Å². The van der Waals surface area contributed by atoms with Gasteiger partial charge in [0.05, 0.1) is 23.8 Å². The van der Waals surface area contributed by atoms with Crippen molar-refractivity contribution in [1.29, 1.82) is 0 Å². The molecule has 0 aliphatic rings. The lowest BCUT2D eigenvalue weighted by Gasteiger charge is -2.08. The zero-order valence-corrected chi connectivity index (χ0v) is 19.4. The van der Waals surface area contributed by atoms with E-state index in [-0.39, 0.29) is 31.1 Å². The Kier molecular flexibility index (Phi) is 6.05. The molecule has 0 unspecified atom stereocenters. The summed E-state index contributed by atoms with van der Waals surface area (Å²) in [5.41, 5.74) is 4.67. The molecule has 5 aromatic rings. The van der Waals surface area contributed by atoms with Crippen molar-refractivity contribution in [2.24, 2.45) is 0 Å². The van der Waals surface area contributed by atoms with Gasteiger partial charge in [0.15, 0.2) is 0 Å². The van der Waals surface area contributed by atoms with Crippen LogP contribution in [0.1, 0.15) is 17.5 Å². The van der Waals surface area contributed by atoms with E-state index in [2.05, 4.69) is 10.1 Å². The summed E-state index contributed by atoms with van der Waals surface area (Å²) >= 11 is 1.44. The monoisotopic (exact) mass is 470 g/mol. The zero-order chi connectivity index (χ0) is 23.5. The Morgan fingerprint density at radius 3 is 2.62 bits per heavy atom. The molecule has 0 radical (unpaired) electrons. The molecule has 3 heterocycles. The van der Waals surface area contributed by atoms with Crippen LogP contribution in [-0.4, -0.2) is 25.3 Å². The molecule has 0 fully saturated rings. The quantitative estimate of drug-likeness (QED) is 0.321. The second-order valence-corrected chi connectivity index (χ2v) is 8.82. The minimum absolute atomic E-state index is 0.0858. The first-order valence-electron chi connectivity index (χ1n) is 10.9. The van der Waals surface area contributed by atoms with Crippen molar-refractivity contribution in [3.8, 4) is 16.8 Å². The molecule has 0 aliphatic carbocycles. The molecule has 0 saturated heterocycles. The summed E-state index contributed by atoms with van der Waals surface area (Å²) < 4.78 is 8.64. The maximum atomic E-state index is 13.1. The van der Waals surface area contributed by atoms with Crippen LogP contribution in [0.25, 0.3) is 27.0 Å². The van der Waals surface area contributed by atoms with Crippen LogP contribution in [0.15, 0.2) is 83.5 Å². The van der Waals surface area contributed by atoms with E-state index in [1.54, 1.807) is 10.9 Å². The van der Waals surface area contributed by atoms with Crippen LogP contribution in [0.4, 0.5) is 0 Å². The Hall–Kier alpha value is -4.04. The number of benzene rings is 2. The molecule has 0 N–H and O–H groups in total. The van der Waals surface area contributed by atoms with Gasteiger partial charge in [-0.15, -0.1) is 11.3 Å². The molecular weight excluding hydrogens is 448 g/mol. The number of rotatable bonds is 7. The lowest BCUT2D eigenvalue weighted by Crippen LogP contribution is -2.22. The molecule has 2 aromatic carbocycles. The lowest BCUT2D eigenvalue weighted by molar-refractivity contribution is -0.145. The molecule has 0 saturated carbocycles. The van der Waals surface area contributed by atoms with Gasteiger partial charge < -0.3 is 4.74 Å². The Bertz CT molecular complexity index is 1480. The topological polar surface area (TPSA) is 79.0 Å². The van der Waals surface area contributed by atoms with E-state index in [4.69, 9.17) is 4.74 Å². The van der Waals surface area contributed by atoms with Gasteiger partial charge in [-0.2, -0.15) is 5.10 Å². The summed E-state index contributed by atoms with van der Waals surface area (Å²) in [4.78, 5) is 30.6. The second-order valence-electron chi connectivity index (χ2n) is 7.97. The molecule has 3 aromatic heterocycles. The molecule has 170 valence electrons. The lowest BCUT2D eigenvalue weighted by atomic mass is 10.1. The summed E-state index contributed by atoms with van der Waals surface area (Å²) in [6.45, 7) is 2.41. The Morgan fingerprint density at radius 2 is 1.88 bits per heavy atom. The number of carbonyl (C=O) groups excluding carboxylic acids is 1. The van der Waals surface area contributed by atoms with Crippen LogP contribution in [0.5, 0.6) is 0 Å². The fourth-order valence-electron chi connectivity index (χ4n) is 3.69. The fraction of sp³-hybridized carbons (Fsp3) is 0.154. The number of carbonyl (C=O) groups is 1. The number of ether oxygens (including phenoxy) is 1. The number of thiophene rings is 1. The zero-order valence-electron chi connectivity index (χ0n) is 18.5. The van der Waals surface area contributed by atoms with Gasteiger partial charge in [-0.25, -0.2) is 9.67 Å². The number of esters is 1. The number of hydrogen-bond acceptors (Lipinski definition) is 6. The molecule has 0 aliphatic heterocycles. The highest BCUT2D eigenvalue weighted by Crippen LogP contribution is 2.30. The average Bonchev–Trinajstić information content (AvgIpc) is 3.54. The third kappa shape index (κ3) is 4.53. The molecule has 8 heteroatoms. The molecular formula is C26H22N4O3S. The predicted molar refractivity (Wildman–Crippen MR) is 132 cm³/mol. The first kappa shape index (κ1) is 21.8. The number of fused-ring (bicyclic) bond motifs is 1. The van der Waals surface area contributed by atoms with Crippen LogP contribution < -0.4 is 5.56 Å². The van der Waals surface area contributed by atoms with E-state index >= 15 is 0 Å². The van der Waals surface area contributed by atoms with Crippen LogP contribution in [-0.2, 0) is 22.7 Å². The summed E-state index contributed by atoms with van der Waals surface area (Å²) in [6.07, 6.45) is 5.17. The van der Waals surface area contributed by atoms with Crippen LogP contribution >= 0.6 is 11.3 Å². The summed E-state index contributed by atoms with van der Waals surface area (Å²) in [6, 6.07) is 17.6. The van der Waals surface area contributed by atoms with E-state index in [9.17, 15) is 9.59 Å². The number of aromatic nitrogens is 4. The predicted octanol–water partition coefficient (Wildman–Crippen LogP) is 4.75. The molecule has 5 rings (SSSR count). The summed E-state index contributed by atoms with van der Waals surface area (Å²) in [5.74, 6) is -0.368. The average molecular weight is 471 g/mol. The number of nitrogens with zero attached hydrogens (tertiary/aromatic N) is 4. The van der Waals surface area contributed by atoms with Crippen molar-refractivity contribution < 1.29 is 9.53 Å². The van der Waals surface area contributed by atoms with Crippen molar-refractivity contribution in [3.05, 3.63) is 100 Å². The van der Waals surface area contributed by atoms with Gasteiger partial charge in [-0.3, -0.25) is 14.2 Å². The molecule has 34 heavy (non-hydrogen) atoms. The fourth-order valence-corrected chi connectivity index (χ4v) is 4.59. The Morgan fingerprint density at radius 1 is 1.09 bits per heavy atom. The van der Waals surface area contributed by atoms with Gasteiger partial charge in [0.2, 0.25) is 0 Å². The Balaban J connectivity index is 1.23. The van der Waals surface area contributed by atoms with E-state index in [0.717, 1.165) is 27.9 Å². The second kappa shape index (κ2) is 9.44. The first-order chi connectivity index (χ1) is 16.6. The molecule has 0 atom stereocenters. The maximum Gasteiger partial charge on any atom is 0.307 e. The Labute approximate surface area is 199 Å². The third-order valence-corrected chi connectivity index (χ3v) is 6.47. The van der Waals surface area contributed by atoms with Gasteiger partial charge in [-0.05, 0) is 36.2 Å². The van der Waals surface area contributed by atoms with Crippen LogP contribution in [0.3, 0.4) is 0 Å². The van der Waals surface area contributed by atoms with Crippen molar-refractivity contribution >= 4 is 27.5 Å². The third-order valence-electron chi connectivity index (χ3n) is 5.59. The normalized spacial score (nSPS) is 11.1. The van der Waals surface area contributed by atoms with E-state index in [0.29, 0.717) is 10.2 Å². The van der Waals surface area contributed by atoms with Crippen molar-refractivity contribution in [3.63, 3.8) is 0 Å². The summed E-state index contributed by atoms with van der Waals surface area (Å²) in [7, 11) is 0. The van der Waals surface area contributed by atoms with Gasteiger partial charge in [0.25, 0.3) is 5.56 Å². The van der Waals surface area contributed by atoms with Crippen molar-refractivity contribution in [1.82, 2.24) is 19.3 Å². The maximum absolute atomic E-state index is 13.1. The van der Waals surface area contributed by atoms with Crippen molar-refractivity contribution in [2.45, 2.75) is 26.5 Å². The molecule has 7 nitrogen and oxygen atoms in total. The minimum atomic E-state index is -0.368. The highest BCUT2D eigenvalue weighted by molar-refractivity contribution is 7.17. The van der Waals surface area contributed by atoms with Gasteiger partial charge >= 0.3 is 5.97 Å². The minimum Gasteiger partial charge on any atom is -0.461 e. The largest absolute Gasteiger partial charge is 0.461 e. The van der Waals surface area contributed by atoms with E-state index in [1.165, 1.54) is 22.2 Å². The first-order valence-corrected chi connectivity index (χ1v) is 11.7. The smallest absolute Gasteiger partial charge is 0.307 e. The highest BCUT2D eigenvalue weighted by Gasteiger charge is 2.14. The van der Waals surface area contributed by atoms with Gasteiger partial charge in [-0.1, -0.05) is 42.0 Å². The number of aryl methyl sites for hydroxylation is 2. The van der Waals surface area contributed by atoms with Gasteiger partial charge in [0, 0.05) is 29.9 Å².